The SMILES string of the molecule is Cc1ccc(C(=O)NC(=S)Nc2ccc(N3CCN(S(C)(=O)=O)CC3)cc2)cc1[N+](=O)[O-]. The lowest BCUT2D eigenvalue weighted by molar-refractivity contribution is -0.385. The highest BCUT2D eigenvalue weighted by Gasteiger charge is 2.23. The lowest BCUT2D eigenvalue weighted by Crippen LogP contribution is -2.48. The molecule has 32 heavy (non-hydrogen) atoms. The first kappa shape index (κ1) is 23.6. The molecule has 1 aliphatic rings. The lowest BCUT2D eigenvalue weighted by atomic mass is 10.1. The Bertz CT molecular complexity index is 1140. The van der Waals surface area contributed by atoms with Crippen molar-refractivity contribution in [3.8, 4) is 0 Å². The van der Waals surface area contributed by atoms with Crippen LogP contribution >= 0.6 is 12.2 Å². The minimum Gasteiger partial charge on any atom is -0.369 e. The topological polar surface area (TPSA) is 125 Å². The molecule has 1 amide bonds. The highest BCUT2D eigenvalue weighted by atomic mass is 32.2. The summed E-state index contributed by atoms with van der Waals surface area (Å²) in [5.41, 5.74) is 2.07. The molecule has 170 valence electrons. The predicted octanol–water partition coefficient (Wildman–Crippen LogP) is 2.11. The van der Waals surface area contributed by atoms with E-state index in [0.29, 0.717) is 37.4 Å². The van der Waals surface area contributed by atoms with Crippen molar-refractivity contribution in [1.82, 2.24) is 9.62 Å². The Labute approximate surface area is 191 Å². The molecule has 2 aromatic rings. The molecule has 0 atom stereocenters. The van der Waals surface area contributed by atoms with E-state index in [1.165, 1.54) is 28.8 Å². The molecule has 1 aliphatic heterocycles. The zero-order valence-corrected chi connectivity index (χ0v) is 19.2. The van der Waals surface area contributed by atoms with Gasteiger partial charge in [0.05, 0.1) is 11.2 Å². The van der Waals surface area contributed by atoms with E-state index in [1.54, 1.807) is 19.1 Å². The maximum atomic E-state index is 12.4. The third-order valence-electron chi connectivity index (χ3n) is 5.09. The van der Waals surface area contributed by atoms with Crippen LogP contribution < -0.4 is 15.5 Å². The number of nitrogens with zero attached hydrogens (tertiary/aromatic N) is 3. The number of sulfonamides is 1. The number of hydrogen-bond acceptors (Lipinski definition) is 7. The Balaban J connectivity index is 1.57. The van der Waals surface area contributed by atoms with Crippen molar-refractivity contribution in [3.63, 3.8) is 0 Å². The maximum absolute atomic E-state index is 12.4. The van der Waals surface area contributed by atoms with Crippen molar-refractivity contribution >= 4 is 50.3 Å². The van der Waals surface area contributed by atoms with Crippen LogP contribution in [0.2, 0.25) is 0 Å². The second-order valence-electron chi connectivity index (χ2n) is 7.36. The molecule has 0 bridgehead atoms. The van der Waals surface area contributed by atoms with Crippen molar-refractivity contribution < 1.29 is 18.1 Å². The Hall–Kier alpha value is -3.09. The monoisotopic (exact) mass is 477 g/mol. The highest BCUT2D eigenvalue weighted by molar-refractivity contribution is 7.88. The molecule has 2 aromatic carbocycles. The summed E-state index contributed by atoms with van der Waals surface area (Å²) >= 11 is 5.18. The van der Waals surface area contributed by atoms with Gasteiger partial charge in [-0.3, -0.25) is 20.2 Å². The molecule has 0 spiro atoms. The maximum Gasteiger partial charge on any atom is 0.273 e. The number of carbonyl (C=O) groups excluding carboxylic acids is 1. The van der Waals surface area contributed by atoms with Gasteiger partial charge in [0.2, 0.25) is 10.0 Å². The molecule has 0 radical (unpaired) electrons. The molecular formula is C20H23N5O5S2. The second-order valence-corrected chi connectivity index (χ2v) is 9.75. The van der Waals surface area contributed by atoms with Gasteiger partial charge in [0, 0.05) is 54.7 Å². The predicted molar refractivity (Wildman–Crippen MR) is 127 cm³/mol. The fourth-order valence-corrected chi connectivity index (χ4v) is 4.36. The number of benzene rings is 2. The van der Waals surface area contributed by atoms with Crippen molar-refractivity contribution in [3.05, 3.63) is 63.7 Å². The van der Waals surface area contributed by atoms with Gasteiger partial charge in [-0.15, -0.1) is 0 Å². The third kappa shape index (κ3) is 5.78. The fourth-order valence-electron chi connectivity index (χ4n) is 3.32. The van der Waals surface area contributed by atoms with E-state index in [1.807, 2.05) is 12.1 Å². The number of anilines is 2. The van der Waals surface area contributed by atoms with E-state index in [4.69, 9.17) is 12.2 Å². The van der Waals surface area contributed by atoms with E-state index >= 15 is 0 Å². The van der Waals surface area contributed by atoms with Crippen LogP contribution in [0.25, 0.3) is 0 Å². The van der Waals surface area contributed by atoms with E-state index in [9.17, 15) is 23.3 Å². The van der Waals surface area contributed by atoms with Crippen LogP contribution in [0.15, 0.2) is 42.5 Å². The van der Waals surface area contributed by atoms with E-state index < -0.39 is 20.9 Å². The number of rotatable bonds is 5. The molecule has 0 unspecified atom stereocenters. The summed E-state index contributed by atoms with van der Waals surface area (Å²) in [6.45, 7) is 3.66. The Morgan fingerprint density at radius 1 is 1.09 bits per heavy atom. The van der Waals surface area contributed by atoms with E-state index in [2.05, 4.69) is 15.5 Å². The van der Waals surface area contributed by atoms with Gasteiger partial charge in [0.15, 0.2) is 5.11 Å². The van der Waals surface area contributed by atoms with Crippen LogP contribution in [0.5, 0.6) is 0 Å². The summed E-state index contributed by atoms with van der Waals surface area (Å²) in [6.07, 6.45) is 1.21. The number of amides is 1. The molecule has 0 aliphatic carbocycles. The fraction of sp³-hybridized carbons (Fsp3) is 0.300. The van der Waals surface area contributed by atoms with Crippen molar-refractivity contribution in [2.45, 2.75) is 6.92 Å². The quantitative estimate of drug-likeness (QED) is 0.381. The zero-order valence-electron chi connectivity index (χ0n) is 17.6. The third-order valence-corrected chi connectivity index (χ3v) is 6.60. The second kappa shape index (κ2) is 9.59. The number of nitro benzene ring substituents is 1. The van der Waals surface area contributed by atoms with Gasteiger partial charge in [0.25, 0.3) is 11.6 Å². The van der Waals surface area contributed by atoms with Crippen LogP contribution in [0.3, 0.4) is 0 Å². The summed E-state index contributed by atoms with van der Waals surface area (Å²) in [5, 5.41) is 16.5. The van der Waals surface area contributed by atoms with Gasteiger partial charge in [-0.1, -0.05) is 6.07 Å². The molecule has 12 heteroatoms. The summed E-state index contributed by atoms with van der Waals surface area (Å²) in [5.74, 6) is -0.550. The van der Waals surface area contributed by atoms with Crippen molar-refractivity contribution in [2.75, 3.05) is 42.7 Å². The number of hydrogen-bond donors (Lipinski definition) is 2. The summed E-state index contributed by atoms with van der Waals surface area (Å²) in [4.78, 5) is 25.0. The number of nitro groups is 1. The molecule has 2 N–H and O–H groups in total. The summed E-state index contributed by atoms with van der Waals surface area (Å²) < 4.78 is 24.7. The number of thiocarbonyl (C=S) groups is 1. The van der Waals surface area contributed by atoms with Crippen LogP contribution in [-0.2, 0) is 10.0 Å². The standard InChI is InChI=1S/C20H23N5O5S2/c1-14-3-4-15(13-18(14)25(27)28)19(26)22-20(31)21-16-5-7-17(8-6-16)23-9-11-24(12-10-23)32(2,29)30/h3-8,13H,9-12H2,1-2H3,(H2,21,22,26,31). The largest absolute Gasteiger partial charge is 0.369 e. The summed E-state index contributed by atoms with van der Waals surface area (Å²) in [6, 6.07) is 11.6. The molecule has 0 aromatic heterocycles. The number of carbonyl (C=O) groups is 1. The van der Waals surface area contributed by atoms with Crippen LogP contribution in [0, 0.1) is 17.0 Å². The van der Waals surface area contributed by atoms with Crippen molar-refractivity contribution in [2.24, 2.45) is 0 Å². The lowest BCUT2D eigenvalue weighted by Gasteiger charge is -2.34. The average molecular weight is 478 g/mol. The zero-order chi connectivity index (χ0) is 23.5. The molecule has 1 fully saturated rings. The average Bonchev–Trinajstić information content (AvgIpc) is 2.73. The first-order valence-electron chi connectivity index (χ1n) is 9.72. The Kier molecular flexibility index (Phi) is 7.06. The number of nitrogens with one attached hydrogen (secondary N) is 2. The minimum absolute atomic E-state index is 0.0627. The van der Waals surface area contributed by atoms with Gasteiger partial charge in [0.1, 0.15) is 0 Å². The molecule has 0 saturated carbocycles. The number of piperazine rings is 1. The van der Waals surface area contributed by atoms with Gasteiger partial charge < -0.3 is 10.2 Å². The summed E-state index contributed by atoms with van der Waals surface area (Å²) in [7, 11) is -3.18. The molecule has 1 saturated heterocycles. The van der Waals surface area contributed by atoms with Gasteiger partial charge in [-0.2, -0.15) is 4.31 Å². The van der Waals surface area contributed by atoms with E-state index in [0.717, 1.165) is 5.69 Å². The highest BCUT2D eigenvalue weighted by Crippen LogP contribution is 2.21. The minimum atomic E-state index is -3.18. The molecular weight excluding hydrogens is 454 g/mol. The van der Waals surface area contributed by atoms with Crippen LogP contribution in [0.1, 0.15) is 15.9 Å². The van der Waals surface area contributed by atoms with Crippen LogP contribution in [0.4, 0.5) is 17.1 Å². The van der Waals surface area contributed by atoms with Gasteiger partial charge in [-0.05, 0) is 49.5 Å². The smallest absolute Gasteiger partial charge is 0.273 e. The van der Waals surface area contributed by atoms with Gasteiger partial charge >= 0.3 is 0 Å². The molecule has 3 rings (SSSR count). The van der Waals surface area contributed by atoms with Gasteiger partial charge in [-0.25, -0.2) is 8.42 Å². The number of aryl methyl sites for hydroxylation is 1. The molecule has 1 heterocycles. The van der Waals surface area contributed by atoms with Crippen LogP contribution in [-0.4, -0.2) is 61.1 Å². The first-order chi connectivity index (χ1) is 15.0. The Morgan fingerprint density at radius 3 is 2.28 bits per heavy atom. The van der Waals surface area contributed by atoms with E-state index in [-0.39, 0.29) is 16.4 Å². The first-order valence-corrected chi connectivity index (χ1v) is 12.0. The van der Waals surface area contributed by atoms with Crippen molar-refractivity contribution in [1.29, 1.82) is 0 Å². The normalized spacial score (nSPS) is 14.6. The Morgan fingerprint density at radius 2 is 1.72 bits per heavy atom. The molecule has 10 nitrogen and oxygen atoms in total.